The minimum Gasteiger partial charge on any atom is -0.355 e. The summed E-state index contributed by atoms with van der Waals surface area (Å²) in [6, 6.07) is 6.64. The van der Waals surface area contributed by atoms with E-state index in [0.717, 1.165) is 44.2 Å². The number of likely N-dealkylation sites (tertiary alicyclic amines) is 1. The highest BCUT2D eigenvalue weighted by Crippen LogP contribution is 2.43. The number of halogens is 1. The van der Waals surface area contributed by atoms with Crippen molar-refractivity contribution in [2.24, 2.45) is 5.92 Å². The number of amides is 2. The molecule has 1 unspecified atom stereocenters. The molecule has 1 aliphatic heterocycles. The van der Waals surface area contributed by atoms with E-state index in [1.807, 2.05) is 12.1 Å². The fraction of sp³-hybridized carbons (Fsp3) is 0.579. The summed E-state index contributed by atoms with van der Waals surface area (Å²) in [6.45, 7) is 3.41. The fourth-order valence-electron chi connectivity index (χ4n) is 3.85. The number of hydrogen-bond donors (Lipinski definition) is 1. The molecule has 1 aliphatic carbocycles. The lowest BCUT2D eigenvalue weighted by Crippen LogP contribution is -2.50. The van der Waals surface area contributed by atoms with Crippen molar-refractivity contribution in [1.29, 1.82) is 0 Å². The van der Waals surface area contributed by atoms with Crippen molar-refractivity contribution in [3.8, 4) is 0 Å². The van der Waals surface area contributed by atoms with Gasteiger partial charge in [0.15, 0.2) is 0 Å². The van der Waals surface area contributed by atoms with E-state index in [1.165, 1.54) is 12.1 Å². The van der Waals surface area contributed by atoms with Gasteiger partial charge in [-0.25, -0.2) is 4.39 Å². The smallest absolute Gasteiger partial charge is 0.224 e. The number of rotatable bonds is 4. The predicted molar refractivity (Wildman–Crippen MR) is 89.9 cm³/mol. The van der Waals surface area contributed by atoms with E-state index >= 15 is 0 Å². The quantitative estimate of drug-likeness (QED) is 0.921. The Balaban J connectivity index is 1.60. The molecular weight excluding hydrogens is 307 g/mol. The summed E-state index contributed by atoms with van der Waals surface area (Å²) < 4.78 is 13.2. The fourth-order valence-corrected chi connectivity index (χ4v) is 3.85. The summed E-state index contributed by atoms with van der Waals surface area (Å²) in [7, 11) is 0. The number of carbonyl (C=O) groups excluding carboxylic acids is 2. The van der Waals surface area contributed by atoms with E-state index in [9.17, 15) is 14.0 Å². The summed E-state index contributed by atoms with van der Waals surface area (Å²) >= 11 is 0. The van der Waals surface area contributed by atoms with Gasteiger partial charge in [0.25, 0.3) is 0 Å². The zero-order valence-electron chi connectivity index (χ0n) is 14.2. The molecule has 5 heteroatoms. The molecule has 0 aromatic heterocycles. The Hall–Kier alpha value is -1.91. The SMILES string of the molecule is CC(=O)N1CCCC(C(=O)NCC2(c3ccc(F)cc3)CCC2)C1. The van der Waals surface area contributed by atoms with Crippen molar-refractivity contribution >= 4 is 11.8 Å². The predicted octanol–water partition coefficient (Wildman–Crippen LogP) is 2.62. The third-order valence-corrected chi connectivity index (χ3v) is 5.61. The normalized spacial score (nSPS) is 22.6. The molecule has 3 rings (SSSR count). The van der Waals surface area contributed by atoms with E-state index in [4.69, 9.17) is 0 Å². The van der Waals surface area contributed by atoms with Crippen molar-refractivity contribution in [1.82, 2.24) is 10.2 Å². The van der Waals surface area contributed by atoms with Crippen LogP contribution in [0.5, 0.6) is 0 Å². The van der Waals surface area contributed by atoms with Crippen LogP contribution < -0.4 is 5.32 Å². The second kappa shape index (κ2) is 6.91. The number of carbonyl (C=O) groups is 2. The molecule has 1 N–H and O–H groups in total. The Bertz CT molecular complexity index is 610. The van der Waals surface area contributed by atoms with Gasteiger partial charge in [0, 0.05) is 32.0 Å². The lowest BCUT2D eigenvalue weighted by atomic mass is 9.64. The number of nitrogens with one attached hydrogen (secondary N) is 1. The molecule has 0 spiro atoms. The van der Waals surface area contributed by atoms with Crippen molar-refractivity contribution in [2.45, 2.75) is 44.4 Å². The van der Waals surface area contributed by atoms with Crippen LogP contribution in [0.25, 0.3) is 0 Å². The van der Waals surface area contributed by atoms with Crippen molar-refractivity contribution < 1.29 is 14.0 Å². The molecule has 1 saturated carbocycles. The van der Waals surface area contributed by atoms with Crippen LogP contribution in [0, 0.1) is 11.7 Å². The lowest BCUT2D eigenvalue weighted by Gasteiger charge is -2.43. The lowest BCUT2D eigenvalue weighted by molar-refractivity contribution is -0.134. The maximum atomic E-state index is 13.2. The topological polar surface area (TPSA) is 49.4 Å². The van der Waals surface area contributed by atoms with Gasteiger partial charge in [0.2, 0.25) is 11.8 Å². The summed E-state index contributed by atoms with van der Waals surface area (Å²) in [5.74, 6) is -0.277. The molecule has 1 aromatic carbocycles. The number of hydrogen-bond acceptors (Lipinski definition) is 2. The molecule has 4 nitrogen and oxygen atoms in total. The van der Waals surface area contributed by atoms with E-state index in [0.29, 0.717) is 13.1 Å². The Morgan fingerprint density at radius 1 is 1.25 bits per heavy atom. The largest absolute Gasteiger partial charge is 0.355 e. The molecule has 1 atom stereocenters. The summed E-state index contributed by atoms with van der Waals surface area (Å²) in [6.07, 6.45) is 4.88. The monoisotopic (exact) mass is 332 g/mol. The van der Waals surface area contributed by atoms with Gasteiger partial charge >= 0.3 is 0 Å². The highest BCUT2D eigenvalue weighted by Gasteiger charge is 2.39. The standard InChI is InChI=1S/C19H25FN2O2/c1-14(23)22-11-2-4-15(12-22)18(24)21-13-19(9-3-10-19)16-5-7-17(20)8-6-16/h5-8,15H,2-4,9-13H2,1H3,(H,21,24). The van der Waals surface area contributed by atoms with E-state index in [-0.39, 0.29) is 29.0 Å². The summed E-state index contributed by atoms with van der Waals surface area (Å²) in [4.78, 5) is 25.8. The minimum absolute atomic E-state index is 0.0364. The Morgan fingerprint density at radius 3 is 2.54 bits per heavy atom. The molecule has 24 heavy (non-hydrogen) atoms. The van der Waals surface area contributed by atoms with Gasteiger partial charge < -0.3 is 10.2 Å². The molecule has 2 aliphatic rings. The molecule has 1 saturated heterocycles. The third kappa shape index (κ3) is 3.45. The van der Waals surface area contributed by atoms with Crippen LogP contribution in [-0.2, 0) is 15.0 Å². The molecule has 2 amide bonds. The number of piperidine rings is 1. The zero-order chi connectivity index (χ0) is 17.2. The van der Waals surface area contributed by atoms with Crippen molar-refractivity contribution in [2.75, 3.05) is 19.6 Å². The summed E-state index contributed by atoms with van der Waals surface area (Å²) in [5, 5.41) is 3.10. The zero-order valence-corrected chi connectivity index (χ0v) is 14.2. The van der Waals surface area contributed by atoms with Gasteiger partial charge in [-0.2, -0.15) is 0 Å². The number of nitrogens with zero attached hydrogens (tertiary/aromatic N) is 1. The van der Waals surface area contributed by atoms with E-state index < -0.39 is 0 Å². The first-order valence-corrected chi connectivity index (χ1v) is 8.79. The molecular formula is C19H25FN2O2. The average molecular weight is 332 g/mol. The average Bonchev–Trinajstić information content (AvgIpc) is 2.55. The molecule has 1 heterocycles. The van der Waals surface area contributed by atoms with E-state index in [1.54, 1.807) is 11.8 Å². The van der Waals surface area contributed by atoms with Gasteiger partial charge in [0.1, 0.15) is 5.82 Å². The molecule has 130 valence electrons. The van der Waals surface area contributed by atoms with Crippen LogP contribution in [0.1, 0.15) is 44.6 Å². The molecule has 0 radical (unpaired) electrons. The highest BCUT2D eigenvalue weighted by molar-refractivity contribution is 5.80. The molecule has 1 aromatic rings. The van der Waals surface area contributed by atoms with E-state index in [2.05, 4.69) is 5.32 Å². The third-order valence-electron chi connectivity index (χ3n) is 5.61. The second-order valence-corrected chi connectivity index (χ2v) is 7.16. The van der Waals surface area contributed by atoms with Crippen LogP contribution in [0.3, 0.4) is 0 Å². The maximum absolute atomic E-state index is 13.2. The van der Waals surface area contributed by atoms with Crippen LogP contribution in [-0.4, -0.2) is 36.3 Å². The van der Waals surface area contributed by atoms with Crippen LogP contribution in [0.4, 0.5) is 4.39 Å². The summed E-state index contributed by atoms with van der Waals surface area (Å²) in [5.41, 5.74) is 1.04. The maximum Gasteiger partial charge on any atom is 0.224 e. The van der Waals surface area contributed by atoms with Crippen LogP contribution in [0.2, 0.25) is 0 Å². The van der Waals surface area contributed by atoms with Crippen LogP contribution in [0.15, 0.2) is 24.3 Å². The Labute approximate surface area is 142 Å². The first-order valence-electron chi connectivity index (χ1n) is 8.79. The van der Waals surface area contributed by atoms with Crippen molar-refractivity contribution in [3.05, 3.63) is 35.6 Å². The second-order valence-electron chi connectivity index (χ2n) is 7.16. The van der Waals surface area contributed by atoms with Crippen molar-refractivity contribution in [3.63, 3.8) is 0 Å². The highest BCUT2D eigenvalue weighted by atomic mass is 19.1. The molecule has 0 bridgehead atoms. The van der Waals surface area contributed by atoms with Gasteiger partial charge in [-0.15, -0.1) is 0 Å². The van der Waals surface area contributed by atoms with Gasteiger partial charge in [-0.1, -0.05) is 18.6 Å². The Morgan fingerprint density at radius 2 is 1.96 bits per heavy atom. The molecule has 2 fully saturated rings. The minimum atomic E-state index is -0.233. The first kappa shape index (κ1) is 16.9. The van der Waals surface area contributed by atoms with Gasteiger partial charge in [-0.05, 0) is 43.4 Å². The van der Waals surface area contributed by atoms with Crippen LogP contribution >= 0.6 is 0 Å². The number of benzene rings is 1. The van der Waals surface area contributed by atoms with Gasteiger partial charge in [-0.3, -0.25) is 9.59 Å². The Kier molecular flexibility index (Phi) is 4.88. The first-order chi connectivity index (χ1) is 11.5. The van der Waals surface area contributed by atoms with Gasteiger partial charge in [0.05, 0.1) is 5.92 Å².